The Labute approximate surface area is 122 Å². The molecule has 2 atom stereocenters. The number of benzene rings is 1. The number of hydrogen-bond acceptors (Lipinski definition) is 6. The monoisotopic (exact) mass is 315 g/mol. The molecule has 2 rings (SSSR count). The number of nitrogen functional groups attached to an aromatic ring is 1. The van der Waals surface area contributed by atoms with Crippen LogP contribution in [-0.4, -0.2) is 32.6 Å². The highest BCUT2D eigenvalue weighted by atomic mass is 32.2. The maximum atomic E-state index is 12.2. The molecule has 1 saturated heterocycles. The summed E-state index contributed by atoms with van der Waals surface area (Å²) in [6, 6.07) is 3.35. The Balaban J connectivity index is 2.12. The van der Waals surface area contributed by atoms with Gasteiger partial charge in [0.1, 0.15) is 5.69 Å². The van der Waals surface area contributed by atoms with Crippen molar-refractivity contribution in [2.75, 3.05) is 18.9 Å². The Kier molecular flexibility index (Phi) is 4.45. The predicted octanol–water partition coefficient (Wildman–Crippen LogP) is 0.880. The van der Waals surface area contributed by atoms with Gasteiger partial charge in [0.15, 0.2) is 0 Å². The highest BCUT2D eigenvalue weighted by Gasteiger charge is 2.26. The van der Waals surface area contributed by atoms with E-state index in [-0.39, 0.29) is 34.8 Å². The van der Waals surface area contributed by atoms with Gasteiger partial charge in [-0.25, -0.2) is 13.1 Å². The zero-order valence-electron chi connectivity index (χ0n) is 11.5. The molecule has 1 aromatic carbocycles. The fourth-order valence-corrected chi connectivity index (χ4v) is 3.34. The van der Waals surface area contributed by atoms with Crippen molar-refractivity contribution in [1.29, 1.82) is 0 Å². The van der Waals surface area contributed by atoms with Crippen molar-refractivity contribution in [3.8, 4) is 0 Å². The van der Waals surface area contributed by atoms with Crippen LogP contribution < -0.4 is 10.5 Å². The minimum Gasteiger partial charge on any atom is -0.393 e. The minimum atomic E-state index is -3.74. The molecule has 1 aromatic rings. The average Bonchev–Trinajstić information content (AvgIpc) is 2.81. The zero-order valence-corrected chi connectivity index (χ0v) is 12.3. The number of sulfonamides is 1. The van der Waals surface area contributed by atoms with E-state index in [2.05, 4.69) is 4.72 Å². The van der Waals surface area contributed by atoms with E-state index < -0.39 is 14.9 Å². The molecule has 0 aliphatic carbocycles. The first-order valence-electron chi connectivity index (χ1n) is 6.46. The van der Waals surface area contributed by atoms with Crippen LogP contribution in [0.15, 0.2) is 23.1 Å². The van der Waals surface area contributed by atoms with Gasteiger partial charge in [-0.1, -0.05) is 0 Å². The Morgan fingerprint density at radius 2 is 2.24 bits per heavy atom. The largest absolute Gasteiger partial charge is 0.393 e. The number of nitrogens with two attached hydrogens (primary N) is 1. The van der Waals surface area contributed by atoms with Crippen molar-refractivity contribution in [3.63, 3.8) is 0 Å². The van der Waals surface area contributed by atoms with Gasteiger partial charge in [-0.2, -0.15) is 0 Å². The van der Waals surface area contributed by atoms with Crippen LogP contribution in [0.2, 0.25) is 0 Å². The lowest BCUT2D eigenvalue weighted by Gasteiger charge is -2.15. The summed E-state index contributed by atoms with van der Waals surface area (Å²) in [5.74, 6) is 0.121. The first-order valence-corrected chi connectivity index (χ1v) is 7.95. The number of rotatable bonds is 5. The molecule has 1 aliphatic heterocycles. The quantitative estimate of drug-likeness (QED) is 0.472. The summed E-state index contributed by atoms with van der Waals surface area (Å²) < 4.78 is 32.2. The van der Waals surface area contributed by atoms with Crippen LogP contribution in [0, 0.1) is 16.0 Å². The summed E-state index contributed by atoms with van der Waals surface area (Å²) >= 11 is 0. The second kappa shape index (κ2) is 5.96. The number of ether oxygens (including phenoxy) is 1. The zero-order chi connectivity index (χ0) is 15.6. The molecule has 0 bridgehead atoms. The molecule has 1 aliphatic rings. The molecule has 9 heteroatoms. The number of nitro benzene ring substituents is 1. The van der Waals surface area contributed by atoms with Gasteiger partial charge in [0.05, 0.1) is 15.9 Å². The number of anilines is 1. The summed E-state index contributed by atoms with van der Waals surface area (Å²) in [6.07, 6.45) is 0.807. The molecular weight excluding hydrogens is 298 g/mol. The third-order valence-electron chi connectivity index (χ3n) is 3.57. The second-order valence-electron chi connectivity index (χ2n) is 4.95. The molecular formula is C12H17N3O5S. The van der Waals surface area contributed by atoms with Crippen LogP contribution in [0.3, 0.4) is 0 Å². The average molecular weight is 315 g/mol. The lowest BCUT2D eigenvalue weighted by Crippen LogP contribution is -2.32. The normalized spacial score (nSPS) is 22.3. The summed E-state index contributed by atoms with van der Waals surface area (Å²) in [4.78, 5) is 9.92. The van der Waals surface area contributed by atoms with Gasteiger partial charge >= 0.3 is 0 Å². The van der Waals surface area contributed by atoms with Gasteiger partial charge in [-0.05, 0) is 25.5 Å². The van der Waals surface area contributed by atoms with Crippen LogP contribution in [0.1, 0.15) is 13.3 Å². The Morgan fingerprint density at radius 1 is 1.52 bits per heavy atom. The number of nitrogens with zero attached hydrogens (tertiary/aromatic N) is 1. The summed E-state index contributed by atoms with van der Waals surface area (Å²) in [5, 5.41) is 10.7. The summed E-state index contributed by atoms with van der Waals surface area (Å²) in [5.41, 5.74) is 5.01. The topological polar surface area (TPSA) is 125 Å². The van der Waals surface area contributed by atoms with Gasteiger partial charge in [-0.15, -0.1) is 0 Å². The van der Waals surface area contributed by atoms with Gasteiger partial charge in [0.25, 0.3) is 5.69 Å². The fraction of sp³-hybridized carbons (Fsp3) is 0.500. The van der Waals surface area contributed by atoms with Crippen molar-refractivity contribution < 1.29 is 18.1 Å². The van der Waals surface area contributed by atoms with E-state index in [1.165, 1.54) is 6.07 Å². The highest BCUT2D eigenvalue weighted by molar-refractivity contribution is 7.89. The Hall–Kier alpha value is -1.71. The van der Waals surface area contributed by atoms with Crippen LogP contribution in [-0.2, 0) is 14.8 Å². The van der Waals surface area contributed by atoms with E-state index in [4.69, 9.17) is 10.5 Å². The van der Waals surface area contributed by atoms with Crippen molar-refractivity contribution >= 4 is 21.4 Å². The predicted molar refractivity (Wildman–Crippen MR) is 76.2 cm³/mol. The molecule has 2 unspecified atom stereocenters. The molecule has 0 saturated carbocycles. The van der Waals surface area contributed by atoms with Crippen LogP contribution in [0.4, 0.5) is 11.4 Å². The number of hydrogen-bond donors (Lipinski definition) is 2. The third kappa shape index (κ3) is 3.49. The minimum absolute atomic E-state index is 0.00892. The standard InChI is InChI=1S/C12H17N3O5S/c1-8-9(4-5-20-8)7-14-21(18,19)10-2-3-12(15(16)17)11(13)6-10/h2-3,6,8-9,14H,4-5,7,13H2,1H3. The molecule has 3 N–H and O–H groups in total. The second-order valence-corrected chi connectivity index (χ2v) is 6.72. The van der Waals surface area contributed by atoms with Crippen molar-refractivity contribution in [1.82, 2.24) is 4.72 Å². The van der Waals surface area contributed by atoms with Gasteiger partial charge in [0, 0.05) is 25.1 Å². The number of nitro groups is 1. The SMILES string of the molecule is CC1OCCC1CNS(=O)(=O)c1ccc([N+](=O)[O-])c(N)c1. The molecule has 1 heterocycles. The molecule has 0 radical (unpaired) electrons. The molecule has 0 spiro atoms. The molecule has 0 aromatic heterocycles. The molecule has 8 nitrogen and oxygen atoms in total. The summed E-state index contributed by atoms with van der Waals surface area (Å²) in [7, 11) is -3.74. The van der Waals surface area contributed by atoms with Crippen molar-refractivity contribution in [2.45, 2.75) is 24.3 Å². The first-order chi connectivity index (χ1) is 9.81. The number of nitrogens with one attached hydrogen (secondary N) is 1. The van der Waals surface area contributed by atoms with E-state index in [0.29, 0.717) is 6.61 Å². The van der Waals surface area contributed by atoms with Crippen molar-refractivity contribution in [3.05, 3.63) is 28.3 Å². The van der Waals surface area contributed by atoms with E-state index in [0.717, 1.165) is 18.6 Å². The van der Waals surface area contributed by atoms with Gasteiger partial charge < -0.3 is 10.5 Å². The lowest BCUT2D eigenvalue weighted by atomic mass is 10.0. The van der Waals surface area contributed by atoms with E-state index in [9.17, 15) is 18.5 Å². The smallest absolute Gasteiger partial charge is 0.292 e. The Bertz CT molecular complexity index is 646. The molecule has 116 valence electrons. The fourth-order valence-electron chi connectivity index (χ4n) is 2.21. The molecule has 1 fully saturated rings. The van der Waals surface area contributed by atoms with Crippen molar-refractivity contribution in [2.24, 2.45) is 5.92 Å². The molecule has 0 amide bonds. The van der Waals surface area contributed by atoms with Gasteiger partial charge in [-0.3, -0.25) is 10.1 Å². The van der Waals surface area contributed by atoms with Gasteiger partial charge in [0.2, 0.25) is 10.0 Å². The van der Waals surface area contributed by atoms with Crippen LogP contribution in [0.25, 0.3) is 0 Å². The van der Waals surface area contributed by atoms with Crippen LogP contribution >= 0.6 is 0 Å². The maximum Gasteiger partial charge on any atom is 0.292 e. The molecule has 21 heavy (non-hydrogen) atoms. The Morgan fingerprint density at radius 3 is 2.76 bits per heavy atom. The highest BCUT2D eigenvalue weighted by Crippen LogP contribution is 2.25. The van der Waals surface area contributed by atoms with E-state index in [1.807, 2.05) is 6.92 Å². The maximum absolute atomic E-state index is 12.2. The first kappa shape index (κ1) is 15.7. The summed E-state index contributed by atoms with van der Waals surface area (Å²) in [6.45, 7) is 2.79. The third-order valence-corrected chi connectivity index (χ3v) is 5.00. The van der Waals surface area contributed by atoms with E-state index >= 15 is 0 Å². The van der Waals surface area contributed by atoms with Crippen LogP contribution in [0.5, 0.6) is 0 Å². The van der Waals surface area contributed by atoms with E-state index in [1.54, 1.807) is 0 Å². The lowest BCUT2D eigenvalue weighted by molar-refractivity contribution is -0.383.